The van der Waals surface area contributed by atoms with E-state index in [1.54, 1.807) is 56.3 Å². The molecule has 3 heterocycles. The normalized spacial score (nSPS) is 23.5. The first-order chi connectivity index (χ1) is 21.8. The highest BCUT2D eigenvalue weighted by molar-refractivity contribution is 6.31. The van der Waals surface area contributed by atoms with Gasteiger partial charge in [-0.25, -0.2) is 4.39 Å². The van der Waals surface area contributed by atoms with Gasteiger partial charge < -0.3 is 25.6 Å². The number of aryl methyl sites for hydroxylation is 1. The third-order valence-electron chi connectivity index (χ3n) is 9.62. The Kier molecular flexibility index (Phi) is 8.54. The van der Waals surface area contributed by atoms with Gasteiger partial charge >= 0.3 is 0 Å². The van der Waals surface area contributed by atoms with Crippen molar-refractivity contribution in [1.29, 1.82) is 0 Å². The third-order valence-corrected chi connectivity index (χ3v) is 10.1. The van der Waals surface area contributed by atoms with Crippen molar-refractivity contribution in [3.63, 3.8) is 0 Å². The van der Waals surface area contributed by atoms with Crippen LogP contribution in [0.4, 0.5) is 10.1 Å². The summed E-state index contributed by atoms with van der Waals surface area (Å²) in [5.74, 6) is -1.98. The molecule has 0 saturated carbocycles. The maximum Gasteiger partial charge on any atom is 0.263 e. The summed E-state index contributed by atoms with van der Waals surface area (Å²) in [6.45, 7) is 6.97. The van der Waals surface area contributed by atoms with E-state index in [0.29, 0.717) is 43.7 Å². The van der Waals surface area contributed by atoms with Crippen LogP contribution < -0.4 is 20.7 Å². The van der Waals surface area contributed by atoms with Crippen molar-refractivity contribution in [2.75, 3.05) is 25.5 Å². The van der Waals surface area contributed by atoms with E-state index >= 15 is 0 Å². The van der Waals surface area contributed by atoms with Gasteiger partial charge in [0.25, 0.3) is 5.91 Å². The predicted molar refractivity (Wildman–Crippen MR) is 176 cm³/mol. The molecule has 0 aliphatic carbocycles. The molecule has 3 aromatic carbocycles. The highest BCUT2D eigenvalue weighted by Crippen LogP contribution is 2.59. The van der Waals surface area contributed by atoms with E-state index in [9.17, 15) is 18.8 Å². The van der Waals surface area contributed by atoms with Crippen molar-refractivity contribution < 1.29 is 23.5 Å². The zero-order valence-electron chi connectivity index (χ0n) is 26.2. The second kappa shape index (κ2) is 12.2. The van der Waals surface area contributed by atoms with Gasteiger partial charge in [0.15, 0.2) is 5.60 Å². The second-order valence-electron chi connectivity index (χ2n) is 13.1. The molecule has 3 unspecified atom stereocenters. The molecule has 0 bridgehead atoms. The molecule has 6 rings (SSSR count). The van der Waals surface area contributed by atoms with Crippen LogP contribution in [0.5, 0.6) is 5.75 Å². The summed E-state index contributed by atoms with van der Waals surface area (Å²) in [4.78, 5) is 43.9. The van der Waals surface area contributed by atoms with Crippen LogP contribution in [0, 0.1) is 12.7 Å². The maximum absolute atomic E-state index is 14.8. The van der Waals surface area contributed by atoms with Gasteiger partial charge in [-0.15, -0.1) is 0 Å². The van der Waals surface area contributed by atoms with Crippen LogP contribution >= 0.6 is 23.2 Å². The fourth-order valence-corrected chi connectivity index (χ4v) is 7.51. The Morgan fingerprint density at radius 3 is 2.46 bits per heavy atom. The van der Waals surface area contributed by atoms with Crippen LogP contribution in [-0.2, 0) is 19.8 Å². The molecule has 8 nitrogen and oxygen atoms in total. The van der Waals surface area contributed by atoms with E-state index in [1.165, 1.54) is 12.1 Å². The molecular formula is C35H37Cl2FN4O4. The number of piperidine rings is 2. The van der Waals surface area contributed by atoms with E-state index in [2.05, 4.69) is 27.9 Å². The lowest BCUT2D eigenvalue weighted by Gasteiger charge is -2.47. The number of hydrogen-bond donors (Lipinski definition) is 3. The number of amides is 3. The molecule has 11 heteroatoms. The minimum atomic E-state index is -1.45. The zero-order valence-corrected chi connectivity index (χ0v) is 27.7. The SMILES string of the molecule is Cc1ccc(F)cc1C1NC(=O)CC(c2cc(Cl)ccc2OC(C)(C)C(=O)NC2CCN(C)CC2)C12C(=O)Nc1cc(Cl)ccc12. The number of nitrogens with zero attached hydrogens (tertiary/aromatic N) is 1. The van der Waals surface area contributed by atoms with Crippen LogP contribution in [0.25, 0.3) is 0 Å². The monoisotopic (exact) mass is 666 g/mol. The third kappa shape index (κ3) is 5.73. The molecule has 3 N–H and O–H groups in total. The molecule has 1 spiro atoms. The standard InChI is InChI=1S/C35H37Cl2FN4O4/c1-19-5-8-22(38)17-24(19)31-35(26-9-6-21(37)16-28(26)40-33(35)45)27(18-30(43)41-31)25-15-20(36)7-10-29(25)46-34(2,3)32(44)39-23-11-13-42(4)14-12-23/h5-10,15-17,23,27,31H,11-14,18H2,1-4H3,(H,39,44)(H,40,45)(H,41,43). The molecule has 3 aliphatic heterocycles. The van der Waals surface area contributed by atoms with Gasteiger partial charge in [0.2, 0.25) is 11.8 Å². The number of halogens is 3. The topological polar surface area (TPSA) is 99.8 Å². The molecule has 3 amide bonds. The summed E-state index contributed by atoms with van der Waals surface area (Å²) in [5, 5.41) is 9.94. The van der Waals surface area contributed by atoms with Gasteiger partial charge in [-0.05, 0) is 113 Å². The molecule has 3 aromatic rings. The number of ether oxygens (including phenoxy) is 1. The van der Waals surface area contributed by atoms with E-state index in [-0.39, 0.29) is 30.2 Å². The first-order valence-electron chi connectivity index (χ1n) is 15.4. The van der Waals surface area contributed by atoms with Gasteiger partial charge in [-0.2, -0.15) is 0 Å². The molecule has 0 radical (unpaired) electrons. The van der Waals surface area contributed by atoms with E-state index in [0.717, 1.165) is 25.9 Å². The Morgan fingerprint density at radius 2 is 1.72 bits per heavy atom. The number of fused-ring (bicyclic) bond motifs is 2. The first kappa shape index (κ1) is 32.3. The largest absolute Gasteiger partial charge is 0.478 e. The summed E-state index contributed by atoms with van der Waals surface area (Å²) >= 11 is 12.9. The van der Waals surface area contributed by atoms with Crippen LogP contribution in [-0.4, -0.2) is 54.4 Å². The highest BCUT2D eigenvalue weighted by atomic mass is 35.5. The minimum Gasteiger partial charge on any atom is -0.478 e. The summed E-state index contributed by atoms with van der Waals surface area (Å²) < 4.78 is 21.3. The number of hydrogen-bond acceptors (Lipinski definition) is 5. The first-order valence-corrected chi connectivity index (χ1v) is 16.2. The maximum atomic E-state index is 14.8. The number of benzene rings is 3. The van der Waals surface area contributed by atoms with Crippen molar-refractivity contribution in [2.24, 2.45) is 0 Å². The Bertz CT molecular complexity index is 1720. The minimum absolute atomic E-state index is 0.0300. The molecule has 242 valence electrons. The van der Waals surface area contributed by atoms with Crippen LogP contribution in [0.15, 0.2) is 54.6 Å². The summed E-state index contributed by atoms with van der Waals surface area (Å²) in [7, 11) is 2.06. The number of anilines is 1. The summed E-state index contributed by atoms with van der Waals surface area (Å²) in [5.41, 5.74) is 0.00745. The second-order valence-corrected chi connectivity index (χ2v) is 14.0. The van der Waals surface area contributed by atoms with Crippen LogP contribution in [0.1, 0.15) is 67.3 Å². The lowest BCUT2D eigenvalue weighted by molar-refractivity contribution is -0.136. The van der Waals surface area contributed by atoms with E-state index in [4.69, 9.17) is 27.9 Å². The molecule has 0 aromatic heterocycles. The average molecular weight is 668 g/mol. The van der Waals surface area contributed by atoms with Crippen molar-refractivity contribution in [1.82, 2.24) is 15.5 Å². The van der Waals surface area contributed by atoms with Crippen molar-refractivity contribution in [3.05, 3.63) is 92.7 Å². The lowest BCUT2D eigenvalue weighted by atomic mass is 9.59. The van der Waals surface area contributed by atoms with Gasteiger partial charge in [0.1, 0.15) is 17.0 Å². The van der Waals surface area contributed by atoms with E-state index < -0.39 is 28.8 Å². The van der Waals surface area contributed by atoms with Gasteiger partial charge in [0.05, 0.1) is 6.04 Å². The van der Waals surface area contributed by atoms with Crippen LogP contribution in [0.2, 0.25) is 10.0 Å². The van der Waals surface area contributed by atoms with Gasteiger partial charge in [-0.1, -0.05) is 35.3 Å². The Morgan fingerprint density at radius 1 is 1.02 bits per heavy atom. The number of carbonyl (C=O) groups is 3. The number of likely N-dealkylation sites (tertiary alicyclic amines) is 1. The van der Waals surface area contributed by atoms with Crippen molar-refractivity contribution in [2.45, 2.75) is 69.1 Å². The molecular weight excluding hydrogens is 630 g/mol. The Labute approximate surface area is 278 Å². The highest BCUT2D eigenvalue weighted by Gasteiger charge is 2.62. The molecule has 2 saturated heterocycles. The molecule has 3 atom stereocenters. The van der Waals surface area contributed by atoms with Gasteiger partial charge in [-0.3, -0.25) is 14.4 Å². The number of carbonyl (C=O) groups excluding carboxylic acids is 3. The zero-order chi connectivity index (χ0) is 33.0. The number of nitrogens with one attached hydrogen (secondary N) is 3. The van der Waals surface area contributed by atoms with Crippen LogP contribution in [0.3, 0.4) is 0 Å². The fourth-order valence-electron chi connectivity index (χ4n) is 7.16. The van der Waals surface area contributed by atoms with Gasteiger partial charge in [0, 0.05) is 39.7 Å². The molecule has 3 aliphatic rings. The quantitative estimate of drug-likeness (QED) is 0.298. The average Bonchev–Trinajstić information content (AvgIpc) is 3.28. The van der Waals surface area contributed by atoms with Crippen molar-refractivity contribution >= 4 is 46.6 Å². The predicted octanol–water partition coefficient (Wildman–Crippen LogP) is 6.04. The van der Waals surface area contributed by atoms with Crippen molar-refractivity contribution in [3.8, 4) is 5.75 Å². The Hall–Kier alpha value is -3.66. The lowest BCUT2D eigenvalue weighted by Crippen LogP contribution is -2.57. The molecule has 46 heavy (non-hydrogen) atoms. The summed E-state index contributed by atoms with van der Waals surface area (Å²) in [6.07, 6.45) is 1.58. The fraction of sp³-hybridized carbons (Fsp3) is 0.400. The summed E-state index contributed by atoms with van der Waals surface area (Å²) in [6, 6.07) is 13.5. The molecule has 2 fully saturated rings. The number of rotatable bonds is 6. The van der Waals surface area contributed by atoms with E-state index in [1.807, 2.05) is 6.92 Å². The smallest absolute Gasteiger partial charge is 0.263 e. The Balaban J connectivity index is 1.48.